The van der Waals surface area contributed by atoms with Gasteiger partial charge >= 0.3 is 0 Å². The van der Waals surface area contributed by atoms with E-state index in [4.69, 9.17) is 0 Å². The minimum atomic E-state index is -0.524. The van der Waals surface area contributed by atoms with Crippen molar-refractivity contribution in [3.63, 3.8) is 0 Å². The molecule has 0 aromatic heterocycles. The third kappa shape index (κ3) is 3.29. The van der Waals surface area contributed by atoms with Gasteiger partial charge in [0.2, 0.25) is 5.78 Å². The zero-order valence-corrected chi connectivity index (χ0v) is 14.8. The molecule has 0 spiro atoms. The molecule has 0 N–H and O–H groups in total. The maximum atomic E-state index is 13.3. The minimum Gasteiger partial charge on any atom is -0.288 e. The molecule has 0 aliphatic carbocycles. The third-order valence-corrected chi connectivity index (χ3v) is 6.74. The Kier molecular flexibility index (Phi) is 4.86. The summed E-state index contributed by atoms with van der Waals surface area (Å²) in [6, 6.07) is 30.3. The molecule has 0 heterocycles. The Balaban J connectivity index is 2.09. The van der Waals surface area contributed by atoms with Crippen molar-refractivity contribution in [3.8, 4) is 0 Å². The van der Waals surface area contributed by atoms with Crippen molar-refractivity contribution < 1.29 is 4.79 Å². The second-order valence-electron chi connectivity index (χ2n) is 6.14. The van der Waals surface area contributed by atoms with Gasteiger partial charge in [-0.3, -0.25) is 4.79 Å². The zero-order valence-electron chi connectivity index (χ0n) is 14.0. The van der Waals surface area contributed by atoms with Crippen molar-refractivity contribution in [2.24, 2.45) is 0 Å². The summed E-state index contributed by atoms with van der Waals surface area (Å²) in [5.41, 5.74) is 0.770. The molecule has 3 aromatic carbocycles. The monoisotopic (exact) mass is 333 g/mol. The summed E-state index contributed by atoms with van der Waals surface area (Å²) in [6.07, 6.45) is 0. The van der Waals surface area contributed by atoms with Crippen LogP contribution in [0.3, 0.4) is 0 Å². The molecule has 0 fully saturated rings. The van der Waals surface area contributed by atoms with E-state index in [2.05, 4.69) is 38.1 Å². The Labute approximate surface area is 146 Å². The summed E-state index contributed by atoms with van der Waals surface area (Å²) < 4.78 is -0.524. The average Bonchev–Trinajstić information content (AvgIpc) is 2.63. The normalized spacial score (nSPS) is 11.5. The second kappa shape index (κ2) is 7.06. The van der Waals surface area contributed by atoms with Crippen LogP contribution in [0.25, 0.3) is 0 Å². The van der Waals surface area contributed by atoms with Gasteiger partial charge in [-0.1, -0.05) is 66.7 Å². The highest BCUT2D eigenvalue weighted by Crippen LogP contribution is 2.36. The molecule has 0 saturated heterocycles. The maximum Gasteiger partial charge on any atom is 0.218 e. The molecular weight excluding hydrogens is 312 g/mol. The van der Waals surface area contributed by atoms with Crippen molar-refractivity contribution in [1.82, 2.24) is 0 Å². The van der Waals surface area contributed by atoms with E-state index in [1.165, 1.54) is 9.79 Å². The van der Waals surface area contributed by atoms with Gasteiger partial charge in [0.15, 0.2) is 14.5 Å². The Morgan fingerprint density at radius 1 is 0.667 bits per heavy atom. The first-order valence-corrected chi connectivity index (χ1v) is 9.27. The van der Waals surface area contributed by atoms with Crippen LogP contribution in [0, 0.1) is 0 Å². The van der Waals surface area contributed by atoms with Crippen LogP contribution in [-0.2, 0) is 10.9 Å². The number of benzene rings is 3. The molecule has 2 heteroatoms. The Hall–Kier alpha value is -2.32. The lowest BCUT2D eigenvalue weighted by Crippen LogP contribution is -2.41. The highest BCUT2D eigenvalue weighted by atomic mass is 32.2. The fourth-order valence-corrected chi connectivity index (χ4v) is 5.48. The van der Waals surface area contributed by atoms with E-state index in [9.17, 15) is 4.79 Å². The van der Waals surface area contributed by atoms with Crippen LogP contribution in [0.15, 0.2) is 101 Å². The summed E-state index contributed by atoms with van der Waals surface area (Å²) in [4.78, 5) is 15.6. The summed E-state index contributed by atoms with van der Waals surface area (Å²) in [7, 11) is -0.342. The van der Waals surface area contributed by atoms with Gasteiger partial charge in [-0.2, -0.15) is 0 Å². The highest BCUT2D eigenvalue weighted by molar-refractivity contribution is 7.99. The summed E-state index contributed by atoms with van der Waals surface area (Å²) in [6.45, 7) is 4.12. The third-order valence-electron chi connectivity index (χ3n) is 4.05. The molecule has 0 saturated carbocycles. The minimum absolute atomic E-state index is 0.180. The van der Waals surface area contributed by atoms with E-state index in [1.54, 1.807) is 0 Å². The number of Topliss-reactive ketones (excluding diaryl/α,β-unsaturated/α-hetero) is 1. The van der Waals surface area contributed by atoms with Gasteiger partial charge in [-0.25, -0.2) is 0 Å². The highest BCUT2D eigenvalue weighted by Gasteiger charge is 2.48. The molecule has 0 bridgehead atoms. The predicted octanol–water partition coefficient (Wildman–Crippen LogP) is 5.38. The SMILES string of the molecule is CC(C)(C(=O)c1ccccc1)[S+](c1ccccc1)c1ccccc1. The van der Waals surface area contributed by atoms with Gasteiger partial charge < -0.3 is 0 Å². The van der Waals surface area contributed by atoms with Crippen molar-refractivity contribution in [1.29, 1.82) is 0 Å². The van der Waals surface area contributed by atoms with Gasteiger partial charge in [0, 0.05) is 5.56 Å². The van der Waals surface area contributed by atoms with Crippen LogP contribution in [0.2, 0.25) is 0 Å². The van der Waals surface area contributed by atoms with Crippen molar-refractivity contribution in [2.45, 2.75) is 28.4 Å². The van der Waals surface area contributed by atoms with E-state index < -0.39 is 4.75 Å². The Morgan fingerprint density at radius 2 is 1.04 bits per heavy atom. The van der Waals surface area contributed by atoms with Gasteiger partial charge in [0.05, 0.1) is 10.9 Å². The van der Waals surface area contributed by atoms with E-state index in [-0.39, 0.29) is 16.7 Å². The van der Waals surface area contributed by atoms with Crippen LogP contribution >= 0.6 is 0 Å². The van der Waals surface area contributed by atoms with Gasteiger partial charge in [-0.05, 0) is 38.1 Å². The van der Waals surface area contributed by atoms with Crippen molar-refractivity contribution in [2.75, 3.05) is 0 Å². The summed E-state index contributed by atoms with van der Waals surface area (Å²) >= 11 is 0. The van der Waals surface area contributed by atoms with Crippen LogP contribution in [0.1, 0.15) is 24.2 Å². The molecule has 0 aliphatic heterocycles. The lowest BCUT2D eigenvalue weighted by molar-refractivity contribution is 0.0956. The van der Waals surface area contributed by atoms with Crippen LogP contribution in [0.4, 0.5) is 0 Å². The van der Waals surface area contributed by atoms with E-state index in [0.29, 0.717) is 0 Å². The van der Waals surface area contributed by atoms with Gasteiger partial charge in [-0.15, -0.1) is 0 Å². The average molecular weight is 333 g/mol. The van der Waals surface area contributed by atoms with Crippen molar-refractivity contribution >= 4 is 16.7 Å². The molecule has 0 amide bonds. The lowest BCUT2D eigenvalue weighted by atomic mass is 10.0. The lowest BCUT2D eigenvalue weighted by Gasteiger charge is -2.24. The summed E-state index contributed by atoms with van der Waals surface area (Å²) in [5.74, 6) is 0.180. The molecule has 1 nitrogen and oxygen atoms in total. The second-order valence-corrected chi connectivity index (χ2v) is 8.71. The number of hydrogen-bond donors (Lipinski definition) is 0. The molecule has 3 aromatic rings. The number of carbonyl (C=O) groups excluding carboxylic acids is 1. The Bertz CT molecular complexity index is 756. The first kappa shape index (κ1) is 16.5. The smallest absolute Gasteiger partial charge is 0.218 e. The van der Waals surface area contributed by atoms with E-state index in [1.807, 2.05) is 66.7 Å². The number of ketones is 1. The molecule has 0 unspecified atom stereocenters. The van der Waals surface area contributed by atoms with E-state index >= 15 is 0 Å². The standard InChI is InChI=1S/C22H21OS/c1-22(2,21(23)18-12-6-3-7-13-18)24(19-14-8-4-9-15-19)20-16-10-5-11-17-20/h3-17H,1-2H3/q+1. The first-order valence-electron chi connectivity index (χ1n) is 8.05. The molecular formula is C22H21OS+. The fraction of sp³-hybridized carbons (Fsp3) is 0.136. The van der Waals surface area contributed by atoms with Gasteiger partial charge in [0.25, 0.3) is 0 Å². The molecule has 24 heavy (non-hydrogen) atoms. The van der Waals surface area contributed by atoms with Crippen LogP contribution in [-0.4, -0.2) is 10.5 Å². The number of carbonyl (C=O) groups is 1. The first-order chi connectivity index (χ1) is 11.6. The number of rotatable bonds is 5. The van der Waals surface area contributed by atoms with Crippen LogP contribution < -0.4 is 0 Å². The Morgan fingerprint density at radius 3 is 1.46 bits per heavy atom. The summed E-state index contributed by atoms with van der Waals surface area (Å²) in [5, 5.41) is 0. The molecule has 0 aliphatic rings. The fourth-order valence-electron chi connectivity index (χ4n) is 2.87. The largest absolute Gasteiger partial charge is 0.288 e. The molecule has 120 valence electrons. The predicted molar refractivity (Wildman–Crippen MR) is 102 cm³/mol. The topological polar surface area (TPSA) is 17.1 Å². The molecule has 3 rings (SSSR count). The zero-order chi connectivity index (χ0) is 17.0. The molecule has 0 atom stereocenters. The van der Waals surface area contributed by atoms with E-state index in [0.717, 1.165) is 5.56 Å². The van der Waals surface area contributed by atoms with Gasteiger partial charge in [0.1, 0.15) is 0 Å². The quantitative estimate of drug-likeness (QED) is 0.452. The number of hydrogen-bond acceptors (Lipinski definition) is 1. The van der Waals surface area contributed by atoms with Crippen LogP contribution in [0.5, 0.6) is 0 Å². The maximum absolute atomic E-state index is 13.3. The molecule has 0 radical (unpaired) electrons. The van der Waals surface area contributed by atoms with Crippen molar-refractivity contribution in [3.05, 3.63) is 96.6 Å².